The van der Waals surface area contributed by atoms with E-state index in [1.807, 2.05) is 91.8 Å². The van der Waals surface area contributed by atoms with Crippen LogP contribution in [0.4, 0.5) is 11.4 Å². The fourth-order valence-corrected chi connectivity index (χ4v) is 12.7. The number of phenolic OH excluding ortho intramolecular Hbond substituents is 4. The fraction of sp³-hybridized carbons (Fsp3) is 0.194. The fourth-order valence-electron chi connectivity index (χ4n) is 12.7. The van der Waals surface area contributed by atoms with Gasteiger partial charge in [-0.2, -0.15) is 0 Å². The molecule has 430 valence electrons. The molecule has 2 heterocycles. The molecule has 2 unspecified atom stereocenters. The first-order valence-corrected chi connectivity index (χ1v) is 28.8. The summed E-state index contributed by atoms with van der Waals surface area (Å²) in [5, 5.41) is 43.6. The quantitative estimate of drug-likeness (QED) is 0.0596. The monoisotopic (exact) mass is 1140 g/mol. The molecule has 0 fully saturated rings. The number of phenols is 4. The van der Waals surface area contributed by atoms with Crippen molar-refractivity contribution in [2.45, 2.75) is 90.9 Å². The van der Waals surface area contributed by atoms with E-state index in [0.29, 0.717) is 55.2 Å². The Morgan fingerprint density at radius 1 is 0.372 bits per heavy atom. The topological polar surface area (TPSA) is 193 Å². The van der Waals surface area contributed by atoms with Crippen LogP contribution in [0.15, 0.2) is 158 Å². The smallest absolute Gasteiger partial charge is 0.265 e. The summed E-state index contributed by atoms with van der Waals surface area (Å²) in [6.07, 6.45) is 3.37. The average Bonchev–Trinajstić information content (AvgIpc) is 0.705. The van der Waals surface area contributed by atoms with Crippen LogP contribution < -0.4 is 28.7 Å². The van der Waals surface area contributed by atoms with E-state index in [2.05, 4.69) is 0 Å². The van der Waals surface area contributed by atoms with Gasteiger partial charge in [-0.15, -0.1) is 0 Å². The second kappa shape index (κ2) is 20.8. The molecule has 4 aliphatic rings. The number of carbonyl (C=O) groups is 4. The van der Waals surface area contributed by atoms with Crippen LogP contribution in [0, 0.1) is 0 Å². The number of aromatic hydroxyl groups is 4. The van der Waals surface area contributed by atoms with Crippen molar-refractivity contribution in [3.05, 3.63) is 213 Å². The molecule has 0 aromatic heterocycles. The molecule has 14 heteroatoms. The van der Waals surface area contributed by atoms with Gasteiger partial charge in [0.2, 0.25) is 11.8 Å². The Balaban J connectivity index is 1.23. The van der Waals surface area contributed by atoms with Crippen molar-refractivity contribution in [1.82, 2.24) is 0 Å². The van der Waals surface area contributed by atoms with Crippen LogP contribution in [-0.4, -0.2) is 44.1 Å². The SMILES string of the molecule is CC(C)c1cccc(C(C)C)c1N1C(=O)c2cc(Oc3ccc(O)cc3)c3c4c(c5c6c7c(cc(Oc8ccc(O)cc8)c63)C(=O)N(c3c(C(C)C)cccc3C(C)C)C(=O)C7C=C5Oc3ccc(O)cc3)C(Oc3ccc(O)cc3)=CC(C1=O)c24. The Morgan fingerprint density at radius 2 is 0.651 bits per heavy atom. The Bertz CT molecular complexity index is 4090. The summed E-state index contributed by atoms with van der Waals surface area (Å²) >= 11 is 0. The third kappa shape index (κ3) is 8.85. The molecule has 13 rings (SSSR count). The molecule has 2 aliphatic carbocycles. The lowest BCUT2D eigenvalue weighted by atomic mass is 9.71. The Kier molecular flexibility index (Phi) is 13.3. The third-order valence-corrected chi connectivity index (χ3v) is 16.6. The summed E-state index contributed by atoms with van der Waals surface area (Å²) in [5.74, 6) is -3.95. The van der Waals surface area contributed by atoms with Crippen LogP contribution in [0.25, 0.3) is 33.1 Å². The second-order valence-electron chi connectivity index (χ2n) is 23.5. The predicted molar refractivity (Wildman–Crippen MR) is 330 cm³/mol. The van der Waals surface area contributed by atoms with E-state index in [-0.39, 0.29) is 104 Å². The largest absolute Gasteiger partial charge is 0.508 e. The zero-order chi connectivity index (χ0) is 60.3. The molecule has 0 saturated heterocycles. The van der Waals surface area contributed by atoms with E-state index >= 15 is 19.2 Å². The van der Waals surface area contributed by atoms with Crippen molar-refractivity contribution in [3.8, 4) is 57.5 Å². The molecule has 4 N–H and O–H groups in total. The van der Waals surface area contributed by atoms with Crippen molar-refractivity contribution in [2.24, 2.45) is 0 Å². The van der Waals surface area contributed by atoms with Crippen LogP contribution >= 0.6 is 0 Å². The molecule has 86 heavy (non-hydrogen) atoms. The van der Waals surface area contributed by atoms with Crippen LogP contribution in [0.5, 0.6) is 57.5 Å². The van der Waals surface area contributed by atoms with Crippen LogP contribution in [-0.2, 0) is 9.59 Å². The number of hydrogen-bond acceptors (Lipinski definition) is 12. The van der Waals surface area contributed by atoms with Gasteiger partial charge in [0.15, 0.2) is 0 Å². The van der Waals surface area contributed by atoms with Crippen molar-refractivity contribution < 1.29 is 58.6 Å². The Morgan fingerprint density at radius 3 is 0.930 bits per heavy atom. The normalized spacial score (nSPS) is 16.0. The number of nitrogens with zero attached hydrogens (tertiary/aromatic N) is 2. The summed E-state index contributed by atoms with van der Waals surface area (Å²) in [6, 6.07) is 39.2. The van der Waals surface area contributed by atoms with Crippen molar-refractivity contribution in [2.75, 3.05) is 9.80 Å². The Hall–Kier alpha value is -10.3. The van der Waals surface area contributed by atoms with Gasteiger partial charge in [0.25, 0.3) is 11.8 Å². The standard InChI is InChI=1S/C72H60N2O12/c1-35(2)47-11-9-12-48(36(3)4)67(47)73-69(79)51-31-55(83-43-23-15-39(75)16-24-43)61-63-57(85-45-27-19-41(77)20-28-45)33-53-60-54(72(82)74(71(53)81)68-49(37(5)6)13-10-14-50(68)38(7)8)34-58(86-46-29-21-42(78)22-30-46)64(66(60)63)62-56(84-44-25-17-40(76)18-26-44)32-52(70(73)80)59(51)65(61)62/h9-38,51,53,75-78H,1-8H3. The predicted octanol–water partition coefficient (Wildman–Crippen LogP) is 16.3. The van der Waals surface area contributed by atoms with Crippen LogP contribution in [0.1, 0.15) is 156 Å². The van der Waals surface area contributed by atoms with Gasteiger partial charge < -0.3 is 39.4 Å². The summed E-state index contributed by atoms with van der Waals surface area (Å²) in [5.41, 5.74) is 5.55. The third-order valence-electron chi connectivity index (χ3n) is 16.6. The number of para-hydroxylation sites is 2. The molecular weight excluding hydrogens is 1080 g/mol. The van der Waals surface area contributed by atoms with Gasteiger partial charge in [0, 0.05) is 43.8 Å². The highest BCUT2D eigenvalue weighted by molar-refractivity contribution is 6.36. The van der Waals surface area contributed by atoms with Crippen LogP contribution in [0.2, 0.25) is 0 Å². The maximum Gasteiger partial charge on any atom is 0.265 e. The zero-order valence-electron chi connectivity index (χ0n) is 48.4. The first-order chi connectivity index (χ1) is 41.3. The molecule has 14 nitrogen and oxygen atoms in total. The van der Waals surface area contributed by atoms with Crippen molar-refractivity contribution in [1.29, 1.82) is 0 Å². The molecule has 9 aromatic carbocycles. The number of rotatable bonds is 14. The zero-order valence-corrected chi connectivity index (χ0v) is 48.4. The van der Waals surface area contributed by atoms with E-state index in [0.717, 1.165) is 22.3 Å². The van der Waals surface area contributed by atoms with E-state index < -0.39 is 35.5 Å². The second-order valence-corrected chi connectivity index (χ2v) is 23.5. The molecule has 0 bridgehead atoms. The molecule has 0 spiro atoms. The van der Waals surface area contributed by atoms with Gasteiger partial charge in [-0.25, -0.2) is 9.80 Å². The number of benzene rings is 9. The highest BCUT2D eigenvalue weighted by Crippen LogP contribution is 2.60. The molecule has 2 aliphatic heterocycles. The van der Waals surface area contributed by atoms with Gasteiger partial charge in [-0.05, 0) is 178 Å². The number of imide groups is 2. The minimum absolute atomic E-state index is 0.0307. The highest BCUT2D eigenvalue weighted by Gasteiger charge is 2.50. The number of fused-ring (bicyclic) bond motifs is 2. The number of hydrogen-bond donors (Lipinski definition) is 4. The van der Waals surface area contributed by atoms with Gasteiger partial charge in [-0.3, -0.25) is 19.2 Å². The van der Waals surface area contributed by atoms with E-state index in [4.69, 9.17) is 18.9 Å². The lowest BCUT2D eigenvalue weighted by Gasteiger charge is -2.40. The number of carbonyl (C=O) groups excluding carboxylic acids is 4. The van der Waals surface area contributed by atoms with Crippen LogP contribution in [0.3, 0.4) is 0 Å². The maximum atomic E-state index is 16.2. The minimum Gasteiger partial charge on any atom is -0.508 e. The van der Waals surface area contributed by atoms with Crippen molar-refractivity contribution in [3.63, 3.8) is 0 Å². The summed E-state index contributed by atoms with van der Waals surface area (Å²) < 4.78 is 28.3. The number of amides is 4. The van der Waals surface area contributed by atoms with Gasteiger partial charge in [0.1, 0.15) is 69.0 Å². The number of ether oxygens (including phenoxy) is 4. The molecule has 2 atom stereocenters. The Labute approximate surface area is 496 Å². The lowest BCUT2D eigenvalue weighted by Crippen LogP contribution is -2.47. The van der Waals surface area contributed by atoms with E-state index in [1.54, 1.807) is 72.8 Å². The van der Waals surface area contributed by atoms with Crippen molar-refractivity contribution >= 4 is 68.1 Å². The molecule has 0 saturated carbocycles. The first-order valence-electron chi connectivity index (χ1n) is 28.8. The molecule has 0 radical (unpaired) electrons. The van der Waals surface area contributed by atoms with E-state index in [1.165, 1.54) is 58.3 Å². The first kappa shape index (κ1) is 54.9. The minimum atomic E-state index is -1.22. The van der Waals surface area contributed by atoms with Gasteiger partial charge in [-0.1, -0.05) is 91.8 Å². The average molecular weight is 1150 g/mol. The van der Waals surface area contributed by atoms with Gasteiger partial charge >= 0.3 is 0 Å². The van der Waals surface area contributed by atoms with E-state index in [9.17, 15) is 20.4 Å². The summed E-state index contributed by atoms with van der Waals surface area (Å²) in [6.45, 7) is 16.1. The number of anilines is 2. The van der Waals surface area contributed by atoms with Gasteiger partial charge in [0.05, 0.1) is 23.2 Å². The molecular formula is C72H60N2O12. The molecule has 9 aromatic rings. The summed E-state index contributed by atoms with van der Waals surface area (Å²) in [7, 11) is 0. The maximum absolute atomic E-state index is 16.2. The lowest BCUT2D eigenvalue weighted by molar-refractivity contribution is -0.119. The highest BCUT2D eigenvalue weighted by atomic mass is 16.5. The molecule has 4 amide bonds. The summed E-state index contributed by atoms with van der Waals surface area (Å²) in [4.78, 5) is 67.2.